The Balaban J connectivity index is 1.51. The fourth-order valence-electron chi connectivity index (χ4n) is 2.94. The average Bonchev–Trinajstić information content (AvgIpc) is 2.78. The summed E-state index contributed by atoms with van der Waals surface area (Å²) in [5.41, 5.74) is 4.00. The smallest absolute Gasteiger partial charge is 0.326 e. The molecule has 0 aromatic heterocycles. The predicted molar refractivity (Wildman–Crippen MR) is 115 cm³/mol. The van der Waals surface area contributed by atoms with Crippen LogP contribution in [0.5, 0.6) is 0 Å². The molecular weight excluding hydrogens is 378 g/mol. The molecule has 5 heteroatoms. The number of ketones is 1. The summed E-state index contributed by atoms with van der Waals surface area (Å²) >= 11 is 0. The van der Waals surface area contributed by atoms with Gasteiger partial charge in [-0.15, -0.1) is 0 Å². The Morgan fingerprint density at radius 2 is 1.37 bits per heavy atom. The van der Waals surface area contributed by atoms with Crippen molar-refractivity contribution in [3.8, 4) is 11.1 Å². The Hall–Kier alpha value is -3.73. The molecule has 3 rings (SSSR count). The van der Waals surface area contributed by atoms with E-state index < -0.39 is 12.1 Å². The lowest BCUT2D eigenvalue weighted by Crippen LogP contribution is -2.34. The number of benzene rings is 3. The van der Waals surface area contributed by atoms with E-state index in [-0.39, 0.29) is 18.2 Å². The van der Waals surface area contributed by atoms with E-state index in [0.717, 1.165) is 16.7 Å². The van der Waals surface area contributed by atoms with Gasteiger partial charge in [-0.2, -0.15) is 0 Å². The number of rotatable bonds is 7. The molecule has 1 atom stereocenters. The van der Waals surface area contributed by atoms with Gasteiger partial charge in [-0.25, -0.2) is 0 Å². The summed E-state index contributed by atoms with van der Waals surface area (Å²) in [6.07, 6.45) is -0.928. The highest BCUT2D eigenvalue weighted by Crippen LogP contribution is 2.19. The van der Waals surface area contributed by atoms with Gasteiger partial charge in [-0.1, -0.05) is 72.3 Å². The number of carbonyl (C=O) groups excluding carboxylic acids is 3. The Morgan fingerprint density at radius 1 is 0.800 bits per heavy atom. The van der Waals surface area contributed by atoms with E-state index in [4.69, 9.17) is 4.74 Å². The number of esters is 1. The summed E-state index contributed by atoms with van der Waals surface area (Å²) in [5.74, 6) is -1.34. The molecule has 5 nitrogen and oxygen atoms in total. The van der Waals surface area contributed by atoms with E-state index in [0.29, 0.717) is 11.1 Å². The minimum absolute atomic E-state index is 0.286. The minimum atomic E-state index is -0.928. The molecule has 1 amide bonds. The Morgan fingerprint density at radius 3 is 2.00 bits per heavy atom. The van der Waals surface area contributed by atoms with Gasteiger partial charge < -0.3 is 10.1 Å². The zero-order valence-electron chi connectivity index (χ0n) is 16.9. The molecule has 30 heavy (non-hydrogen) atoms. The number of Topliss-reactive ketones (excluding diaryl/α,β-unsaturated/α-hetero) is 1. The van der Waals surface area contributed by atoms with Crippen LogP contribution in [0.25, 0.3) is 11.1 Å². The number of ether oxygens (including phenoxy) is 1. The van der Waals surface area contributed by atoms with Crippen LogP contribution < -0.4 is 5.32 Å². The zero-order chi connectivity index (χ0) is 21.5. The molecule has 0 radical (unpaired) electrons. The van der Waals surface area contributed by atoms with Crippen LogP contribution in [-0.4, -0.2) is 30.3 Å². The molecule has 0 saturated heterocycles. The lowest BCUT2D eigenvalue weighted by molar-refractivity contribution is -0.145. The number of aryl methyl sites for hydroxylation is 1. The summed E-state index contributed by atoms with van der Waals surface area (Å²) in [6.45, 7) is 3.13. The second-order valence-corrected chi connectivity index (χ2v) is 6.99. The van der Waals surface area contributed by atoms with Crippen LogP contribution in [0.2, 0.25) is 0 Å². The Kier molecular flexibility index (Phi) is 6.75. The first-order chi connectivity index (χ1) is 14.4. The molecule has 152 valence electrons. The summed E-state index contributed by atoms with van der Waals surface area (Å²) in [4.78, 5) is 36.6. The highest BCUT2D eigenvalue weighted by molar-refractivity contribution is 6.00. The van der Waals surface area contributed by atoms with E-state index in [9.17, 15) is 14.4 Å². The summed E-state index contributed by atoms with van der Waals surface area (Å²) < 4.78 is 5.16. The minimum Gasteiger partial charge on any atom is -0.453 e. The number of hydrogen-bond acceptors (Lipinski definition) is 4. The summed E-state index contributed by atoms with van der Waals surface area (Å²) in [5, 5.41) is 2.52. The van der Waals surface area contributed by atoms with Gasteiger partial charge in [-0.05, 0) is 37.1 Å². The van der Waals surface area contributed by atoms with Crippen molar-refractivity contribution >= 4 is 17.7 Å². The quantitative estimate of drug-likeness (QED) is 0.476. The average molecular weight is 401 g/mol. The van der Waals surface area contributed by atoms with Crippen LogP contribution >= 0.6 is 0 Å². The van der Waals surface area contributed by atoms with Crippen molar-refractivity contribution in [1.82, 2.24) is 5.32 Å². The maximum Gasteiger partial charge on any atom is 0.326 e. The van der Waals surface area contributed by atoms with E-state index in [1.807, 2.05) is 61.5 Å². The van der Waals surface area contributed by atoms with Crippen molar-refractivity contribution in [2.45, 2.75) is 20.0 Å². The first kappa shape index (κ1) is 21.0. The number of amides is 1. The van der Waals surface area contributed by atoms with E-state index >= 15 is 0 Å². The van der Waals surface area contributed by atoms with Crippen molar-refractivity contribution < 1.29 is 19.1 Å². The fourth-order valence-corrected chi connectivity index (χ4v) is 2.94. The highest BCUT2D eigenvalue weighted by Gasteiger charge is 2.20. The number of nitrogens with one attached hydrogen (secondary N) is 1. The monoisotopic (exact) mass is 401 g/mol. The summed E-state index contributed by atoms with van der Waals surface area (Å²) in [7, 11) is 0. The van der Waals surface area contributed by atoms with Crippen LogP contribution in [0.4, 0.5) is 0 Å². The number of hydrogen-bond donors (Lipinski definition) is 1. The van der Waals surface area contributed by atoms with E-state index in [1.54, 1.807) is 24.3 Å². The topological polar surface area (TPSA) is 72.5 Å². The largest absolute Gasteiger partial charge is 0.453 e. The predicted octanol–water partition coefficient (Wildman–Crippen LogP) is 4.21. The van der Waals surface area contributed by atoms with Crippen LogP contribution in [0, 0.1) is 6.92 Å². The van der Waals surface area contributed by atoms with Crippen molar-refractivity contribution in [2.24, 2.45) is 0 Å². The molecule has 0 bridgehead atoms. The molecule has 3 aromatic rings. The molecule has 0 aliphatic heterocycles. The Labute approximate surface area is 175 Å². The standard InChI is InChI=1S/C25H23NO4/c1-17-8-10-21(11-9-17)24(28)18(2)30-23(27)16-26-25(29)22-14-12-20(13-15-22)19-6-4-3-5-7-19/h3-15,18H,16H2,1-2H3,(H,26,29)/t18-/m1/s1. The van der Waals surface area contributed by atoms with Gasteiger partial charge in [-0.3, -0.25) is 14.4 Å². The van der Waals surface area contributed by atoms with Gasteiger partial charge in [0.1, 0.15) is 6.54 Å². The van der Waals surface area contributed by atoms with Crippen LogP contribution in [0.3, 0.4) is 0 Å². The second-order valence-electron chi connectivity index (χ2n) is 6.99. The first-order valence-electron chi connectivity index (χ1n) is 9.68. The molecule has 1 N–H and O–H groups in total. The molecule has 0 fully saturated rings. The highest BCUT2D eigenvalue weighted by atomic mass is 16.5. The maximum absolute atomic E-state index is 12.3. The number of carbonyl (C=O) groups is 3. The maximum atomic E-state index is 12.3. The van der Waals surface area contributed by atoms with E-state index in [2.05, 4.69) is 5.32 Å². The first-order valence-corrected chi connectivity index (χ1v) is 9.68. The Bertz CT molecular complexity index is 1030. The lowest BCUT2D eigenvalue weighted by atomic mass is 10.0. The second kappa shape index (κ2) is 9.65. The van der Waals surface area contributed by atoms with Gasteiger partial charge in [0.2, 0.25) is 5.78 Å². The molecule has 0 saturated carbocycles. The third kappa shape index (κ3) is 5.41. The molecule has 0 aliphatic rings. The van der Waals surface area contributed by atoms with Crippen LogP contribution in [0.1, 0.15) is 33.2 Å². The zero-order valence-corrected chi connectivity index (χ0v) is 16.9. The van der Waals surface area contributed by atoms with Crippen molar-refractivity contribution in [3.63, 3.8) is 0 Å². The molecule has 0 spiro atoms. The molecule has 0 aliphatic carbocycles. The molecule has 3 aromatic carbocycles. The van der Waals surface area contributed by atoms with Gasteiger partial charge in [0.25, 0.3) is 5.91 Å². The van der Waals surface area contributed by atoms with Crippen molar-refractivity contribution in [3.05, 3.63) is 95.6 Å². The van der Waals surface area contributed by atoms with Gasteiger partial charge in [0.05, 0.1) is 0 Å². The van der Waals surface area contributed by atoms with Crippen molar-refractivity contribution in [1.29, 1.82) is 0 Å². The fraction of sp³-hybridized carbons (Fsp3) is 0.160. The molecule has 0 unspecified atom stereocenters. The van der Waals surface area contributed by atoms with Gasteiger partial charge >= 0.3 is 5.97 Å². The van der Waals surface area contributed by atoms with Gasteiger partial charge in [0, 0.05) is 11.1 Å². The van der Waals surface area contributed by atoms with Crippen LogP contribution in [-0.2, 0) is 9.53 Å². The molecular formula is C25H23NO4. The van der Waals surface area contributed by atoms with Crippen molar-refractivity contribution in [2.75, 3.05) is 6.54 Å². The van der Waals surface area contributed by atoms with Gasteiger partial charge in [0.15, 0.2) is 6.10 Å². The third-order valence-corrected chi connectivity index (χ3v) is 4.66. The lowest BCUT2D eigenvalue weighted by Gasteiger charge is -2.13. The van der Waals surface area contributed by atoms with Crippen LogP contribution in [0.15, 0.2) is 78.9 Å². The normalized spacial score (nSPS) is 11.4. The molecule has 0 heterocycles. The summed E-state index contributed by atoms with van der Waals surface area (Å²) in [6, 6.07) is 24.0. The van der Waals surface area contributed by atoms with E-state index in [1.165, 1.54) is 6.92 Å². The third-order valence-electron chi connectivity index (χ3n) is 4.66. The SMILES string of the molecule is Cc1ccc(C(=O)[C@@H](C)OC(=O)CNC(=O)c2ccc(-c3ccccc3)cc2)cc1.